The Morgan fingerprint density at radius 3 is 2.61 bits per heavy atom. The maximum atomic E-state index is 13.4. The number of rotatable bonds is 11. The minimum Gasteiger partial charge on any atom is -0.358 e. The van der Waals surface area contributed by atoms with E-state index in [1.165, 1.54) is 19.3 Å². The van der Waals surface area contributed by atoms with E-state index in [0.29, 0.717) is 42.3 Å². The number of hydrogen-bond donors (Lipinski definition) is 3. The van der Waals surface area contributed by atoms with Crippen LogP contribution in [0.1, 0.15) is 44.1 Å². The lowest BCUT2D eigenvalue weighted by Gasteiger charge is -2.27. The van der Waals surface area contributed by atoms with Crippen molar-refractivity contribution in [3.05, 3.63) is 84.5 Å². The highest BCUT2D eigenvalue weighted by atomic mass is 16.2. The molecule has 36 heavy (non-hydrogen) atoms. The summed E-state index contributed by atoms with van der Waals surface area (Å²) in [6.07, 6.45) is 12.3. The maximum absolute atomic E-state index is 13.4. The van der Waals surface area contributed by atoms with Gasteiger partial charge in [-0.3, -0.25) is 4.79 Å². The molecule has 0 saturated heterocycles. The molecule has 1 aliphatic carbocycles. The zero-order valence-electron chi connectivity index (χ0n) is 20.5. The van der Waals surface area contributed by atoms with E-state index < -0.39 is 6.04 Å². The third-order valence-corrected chi connectivity index (χ3v) is 6.45. The number of anilines is 2. The average molecular weight is 484 g/mol. The molecule has 186 valence electrons. The molecule has 0 radical (unpaired) electrons. The fourth-order valence-corrected chi connectivity index (χ4v) is 4.54. The highest BCUT2D eigenvalue weighted by Gasteiger charge is 2.25. The first kappa shape index (κ1) is 25.0. The molecule has 1 aromatic carbocycles. The van der Waals surface area contributed by atoms with Crippen molar-refractivity contribution in [3.63, 3.8) is 0 Å². The summed E-state index contributed by atoms with van der Waals surface area (Å²) in [7, 11) is 0. The number of carbonyl (C=O) groups is 1. The van der Waals surface area contributed by atoms with Crippen LogP contribution < -0.4 is 16.0 Å². The fourth-order valence-electron chi connectivity index (χ4n) is 4.54. The molecule has 1 atom stereocenters. The first-order chi connectivity index (χ1) is 17.6. The Morgan fingerprint density at radius 2 is 1.92 bits per heavy atom. The molecule has 4 rings (SSSR count). The summed E-state index contributed by atoms with van der Waals surface area (Å²) in [6.45, 7) is 11.8. The van der Waals surface area contributed by atoms with Crippen LogP contribution in [-0.4, -0.2) is 33.0 Å². The van der Waals surface area contributed by atoms with Crippen LogP contribution in [0.3, 0.4) is 0 Å². The van der Waals surface area contributed by atoms with Crippen LogP contribution in [0.15, 0.2) is 67.5 Å². The molecule has 0 spiro atoms. The Morgan fingerprint density at radius 1 is 1.17 bits per heavy atom. The smallest absolute Gasteiger partial charge is 0.242 e. The predicted molar refractivity (Wildman–Crippen MR) is 143 cm³/mol. The van der Waals surface area contributed by atoms with Gasteiger partial charge >= 0.3 is 0 Å². The number of amides is 1. The van der Waals surface area contributed by atoms with Crippen molar-refractivity contribution >= 4 is 23.4 Å². The zero-order valence-corrected chi connectivity index (χ0v) is 20.5. The van der Waals surface area contributed by atoms with Gasteiger partial charge in [0.05, 0.1) is 6.57 Å². The van der Waals surface area contributed by atoms with E-state index in [0.717, 1.165) is 24.8 Å². The second-order valence-corrected chi connectivity index (χ2v) is 9.13. The van der Waals surface area contributed by atoms with E-state index in [9.17, 15) is 4.79 Å². The van der Waals surface area contributed by atoms with Gasteiger partial charge in [-0.15, -0.1) is 6.58 Å². The Bertz CT molecular complexity index is 1180. The van der Waals surface area contributed by atoms with Gasteiger partial charge in [-0.25, -0.2) is 4.85 Å². The maximum Gasteiger partial charge on any atom is 0.242 e. The fraction of sp³-hybridized carbons (Fsp3) is 0.357. The van der Waals surface area contributed by atoms with Crippen molar-refractivity contribution in [2.45, 2.75) is 51.1 Å². The summed E-state index contributed by atoms with van der Waals surface area (Å²) < 4.78 is 1.91. The normalized spacial score (nSPS) is 14.4. The SMILES string of the molecule is [C-]#[N+]c1ccc(CNC(=O)[C@@H](CC2CCCCC2)Nc2cc(-n3cccc3)nc(NCC=C)n2)cc1. The lowest BCUT2D eigenvalue weighted by molar-refractivity contribution is -0.122. The van der Waals surface area contributed by atoms with Gasteiger partial charge in [0, 0.05) is 31.5 Å². The molecule has 8 heteroatoms. The standard InChI is InChI=1S/C28H33N7O/c1-3-15-30-28-33-25(19-26(34-28)35-16-7-8-17-35)32-24(18-21-9-5-4-6-10-21)27(36)31-20-22-11-13-23(29-2)14-12-22/h3,7-8,11-14,16-17,19,21,24H,1,4-6,9-10,15,18,20H2,(H,31,36)(H2,30,32,33,34)/t24-/m1/s1. The molecule has 0 aliphatic heterocycles. The van der Waals surface area contributed by atoms with Gasteiger partial charge in [-0.05, 0) is 30.0 Å². The van der Waals surface area contributed by atoms with Crippen molar-refractivity contribution in [2.75, 3.05) is 17.2 Å². The van der Waals surface area contributed by atoms with Crippen molar-refractivity contribution in [1.29, 1.82) is 0 Å². The molecular formula is C28H33N7O. The van der Waals surface area contributed by atoms with Gasteiger partial charge in [0.15, 0.2) is 5.69 Å². The molecule has 0 unspecified atom stereocenters. The molecule has 2 heterocycles. The number of benzene rings is 1. The Balaban J connectivity index is 1.53. The van der Waals surface area contributed by atoms with Gasteiger partial charge in [0.2, 0.25) is 11.9 Å². The second kappa shape index (κ2) is 12.5. The molecule has 0 bridgehead atoms. The van der Waals surface area contributed by atoms with E-state index in [1.54, 1.807) is 18.2 Å². The van der Waals surface area contributed by atoms with Crippen molar-refractivity contribution in [1.82, 2.24) is 19.9 Å². The molecule has 3 aromatic rings. The van der Waals surface area contributed by atoms with Gasteiger partial charge in [-0.2, -0.15) is 9.97 Å². The first-order valence-corrected chi connectivity index (χ1v) is 12.5. The number of hydrogen-bond acceptors (Lipinski definition) is 5. The summed E-state index contributed by atoms with van der Waals surface area (Å²) in [6, 6.07) is 12.6. The average Bonchev–Trinajstić information content (AvgIpc) is 3.46. The molecule has 1 amide bonds. The van der Waals surface area contributed by atoms with E-state index in [1.807, 2.05) is 47.3 Å². The third-order valence-electron chi connectivity index (χ3n) is 6.45. The van der Waals surface area contributed by atoms with Gasteiger partial charge in [0.25, 0.3) is 0 Å². The summed E-state index contributed by atoms with van der Waals surface area (Å²) >= 11 is 0. The van der Waals surface area contributed by atoms with Crippen molar-refractivity contribution < 1.29 is 4.79 Å². The molecule has 1 aliphatic rings. The number of nitrogens with zero attached hydrogens (tertiary/aromatic N) is 4. The predicted octanol–water partition coefficient (Wildman–Crippen LogP) is 5.48. The van der Waals surface area contributed by atoms with Crippen molar-refractivity contribution in [2.24, 2.45) is 5.92 Å². The van der Waals surface area contributed by atoms with E-state index in [-0.39, 0.29) is 5.91 Å². The number of carbonyl (C=O) groups excluding carboxylic acids is 1. The van der Waals surface area contributed by atoms with E-state index in [2.05, 4.69) is 37.3 Å². The zero-order chi connectivity index (χ0) is 25.2. The van der Waals surface area contributed by atoms with Gasteiger partial charge in [0.1, 0.15) is 17.7 Å². The summed E-state index contributed by atoms with van der Waals surface area (Å²) in [4.78, 5) is 26.0. The molecule has 8 nitrogen and oxygen atoms in total. The third kappa shape index (κ3) is 6.95. The van der Waals surface area contributed by atoms with E-state index >= 15 is 0 Å². The number of aromatic nitrogens is 3. The molecular weight excluding hydrogens is 450 g/mol. The van der Waals surface area contributed by atoms with Gasteiger partial charge < -0.3 is 20.5 Å². The Kier molecular flexibility index (Phi) is 8.71. The van der Waals surface area contributed by atoms with Crippen LogP contribution in [0.4, 0.5) is 17.5 Å². The minimum absolute atomic E-state index is 0.0587. The lowest BCUT2D eigenvalue weighted by atomic mass is 9.84. The minimum atomic E-state index is -0.421. The highest BCUT2D eigenvalue weighted by molar-refractivity contribution is 5.84. The van der Waals surface area contributed by atoms with Crippen LogP contribution in [0.2, 0.25) is 0 Å². The molecule has 1 saturated carbocycles. The molecule has 2 aromatic heterocycles. The summed E-state index contributed by atoms with van der Waals surface area (Å²) in [5.74, 6) is 2.22. The number of nitrogens with one attached hydrogen (secondary N) is 3. The van der Waals surface area contributed by atoms with Crippen LogP contribution in [0.25, 0.3) is 10.7 Å². The Labute approximate surface area is 212 Å². The van der Waals surface area contributed by atoms with Gasteiger partial charge in [-0.1, -0.05) is 62.4 Å². The first-order valence-electron chi connectivity index (χ1n) is 12.5. The summed E-state index contributed by atoms with van der Waals surface area (Å²) in [5.41, 5.74) is 1.55. The van der Waals surface area contributed by atoms with Crippen LogP contribution in [0, 0.1) is 12.5 Å². The highest BCUT2D eigenvalue weighted by Crippen LogP contribution is 2.28. The second-order valence-electron chi connectivity index (χ2n) is 9.13. The quantitative estimate of drug-likeness (QED) is 0.248. The van der Waals surface area contributed by atoms with Crippen LogP contribution >= 0.6 is 0 Å². The largest absolute Gasteiger partial charge is 0.358 e. The lowest BCUT2D eigenvalue weighted by Crippen LogP contribution is -2.41. The van der Waals surface area contributed by atoms with Crippen molar-refractivity contribution in [3.8, 4) is 5.82 Å². The van der Waals surface area contributed by atoms with E-state index in [4.69, 9.17) is 6.57 Å². The monoisotopic (exact) mass is 483 g/mol. The molecule has 1 fully saturated rings. The molecule has 3 N–H and O–H groups in total. The topological polar surface area (TPSA) is 88.2 Å². The summed E-state index contributed by atoms with van der Waals surface area (Å²) in [5, 5.41) is 9.66. The van der Waals surface area contributed by atoms with Crippen LogP contribution in [-0.2, 0) is 11.3 Å². The van der Waals surface area contributed by atoms with Crippen LogP contribution in [0.5, 0.6) is 0 Å². The Hall–Kier alpha value is -4.12.